The van der Waals surface area contributed by atoms with Gasteiger partial charge < -0.3 is 18.7 Å². The average Bonchev–Trinajstić information content (AvgIpc) is 3.38. The zero-order valence-corrected chi connectivity index (χ0v) is 18.8. The lowest BCUT2D eigenvalue weighted by Gasteiger charge is -2.11. The fourth-order valence-corrected chi connectivity index (χ4v) is 4.37. The second kappa shape index (κ2) is 8.91. The Morgan fingerprint density at radius 1 is 1.27 bits per heavy atom. The van der Waals surface area contributed by atoms with Crippen LogP contribution in [-0.4, -0.2) is 43.4 Å². The van der Waals surface area contributed by atoms with Crippen LogP contribution in [0.4, 0.5) is 0 Å². The minimum atomic E-state index is -0.426. The number of ether oxygens (including phenoxy) is 1. The van der Waals surface area contributed by atoms with Gasteiger partial charge in [-0.2, -0.15) is 0 Å². The second-order valence-corrected chi connectivity index (χ2v) is 8.22. The Hall–Kier alpha value is -2.81. The van der Waals surface area contributed by atoms with Crippen molar-refractivity contribution in [2.24, 2.45) is 0 Å². The lowest BCUT2D eigenvalue weighted by molar-refractivity contribution is 0.0525. The van der Waals surface area contributed by atoms with Gasteiger partial charge in [0.15, 0.2) is 16.8 Å². The molecule has 30 heavy (non-hydrogen) atoms. The van der Waals surface area contributed by atoms with Gasteiger partial charge in [-0.05, 0) is 53.2 Å². The fourth-order valence-electron chi connectivity index (χ4n) is 3.40. The van der Waals surface area contributed by atoms with Crippen LogP contribution in [0.2, 0.25) is 0 Å². The first-order chi connectivity index (χ1) is 14.3. The molecule has 1 atom stereocenters. The molecule has 0 aliphatic carbocycles. The third-order valence-corrected chi connectivity index (χ3v) is 6.03. The van der Waals surface area contributed by atoms with Gasteiger partial charge in [0.2, 0.25) is 0 Å². The van der Waals surface area contributed by atoms with E-state index in [0.29, 0.717) is 40.0 Å². The van der Waals surface area contributed by atoms with Gasteiger partial charge >= 0.3 is 5.97 Å². The van der Waals surface area contributed by atoms with E-state index < -0.39 is 11.2 Å². The third-order valence-electron chi connectivity index (χ3n) is 4.95. The lowest BCUT2D eigenvalue weighted by atomic mass is 10.1. The van der Waals surface area contributed by atoms with E-state index in [4.69, 9.17) is 9.15 Å². The van der Waals surface area contributed by atoms with Crippen LogP contribution in [0.3, 0.4) is 0 Å². The van der Waals surface area contributed by atoms with Gasteiger partial charge in [0.05, 0.1) is 34.9 Å². The van der Waals surface area contributed by atoms with Crippen LogP contribution in [0, 0.1) is 20.8 Å². The number of ketones is 1. The van der Waals surface area contributed by atoms with E-state index in [-0.39, 0.29) is 12.4 Å². The van der Waals surface area contributed by atoms with Gasteiger partial charge in [-0.1, -0.05) is 11.8 Å². The van der Waals surface area contributed by atoms with Crippen molar-refractivity contribution in [3.05, 3.63) is 40.6 Å². The van der Waals surface area contributed by atoms with Gasteiger partial charge in [-0.25, -0.2) is 4.79 Å². The number of carbonyl (C=O) groups excluding carboxylic acids is 2. The molecule has 3 heterocycles. The molecule has 3 aromatic rings. The minimum absolute atomic E-state index is 0.108. The molecule has 0 amide bonds. The van der Waals surface area contributed by atoms with Crippen molar-refractivity contribution in [3.8, 4) is 11.4 Å². The smallest absolute Gasteiger partial charge is 0.340 e. The zero-order chi connectivity index (χ0) is 22.0. The number of furan rings is 1. The molecule has 0 radical (unpaired) electrons. The van der Waals surface area contributed by atoms with E-state index in [1.165, 1.54) is 11.8 Å². The van der Waals surface area contributed by atoms with E-state index in [9.17, 15) is 9.59 Å². The molecule has 3 rings (SSSR count). The number of thioether (sulfide) groups is 1. The number of nitrogens with zero attached hydrogens (tertiary/aromatic N) is 3. The average molecular weight is 431 g/mol. The SMILES string of the molecule is CCOC(=O)c1c(C)[nH]c(C(=O)[C@@H](C)Sc2nnc(-c3ccoc3C)n2CC)c1C. The first-order valence-corrected chi connectivity index (χ1v) is 10.7. The molecule has 8 nitrogen and oxygen atoms in total. The molecule has 0 aliphatic rings. The maximum atomic E-state index is 13.1. The van der Waals surface area contributed by atoms with Crippen LogP contribution in [-0.2, 0) is 11.3 Å². The Bertz CT molecular complexity index is 1080. The maximum absolute atomic E-state index is 13.1. The minimum Gasteiger partial charge on any atom is -0.469 e. The molecule has 3 aromatic heterocycles. The molecule has 0 unspecified atom stereocenters. The number of hydrogen-bond donors (Lipinski definition) is 1. The quantitative estimate of drug-likeness (QED) is 0.322. The van der Waals surface area contributed by atoms with Crippen LogP contribution >= 0.6 is 11.8 Å². The summed E-state index contributed by atoms with van der Waals surface area (Å²) in [6.45, 7) is 11.9. The molecule has 0 spiro atoms. The third kappa shape index (κ3) is 3.94. The summed E-state index contributed by atoms with van der Waals surface area (Å²) in [5.74, 6) is 0.945. The summed E-state index contributed by atoms with van der Waals surface area (Å²) in [5.41, 5.74) is 2.96. The lowest BCUT2D eigenvalue weighted by Crippen LogP contribution is -2.16. The number of hydrogen-bond acceptors (Lipinski definition) is 7. The summed E-state index contributed by atoms with van der Waals surface area (Å²) in [5, 5.41) is 8.83. The van der Waals surface area contributed by atoms with E-state index >= 15 is 0 Å². The topological polar surface area (TPSA) is 103 Å². The molecule has 1 N–H and O–H groups in total. The highest BCUT2D eigenvalue weighted by Gasteiger charge is 2.28. The van der Waals surface area contributed by atoms with Crippen LogP contribution in [0.1, 0.15) is 58.6 Å². The molecule has 0 bridgehead atoms. The van der Waals surface area contributed by atoms with Gasteiger partial charge in [0, 0.05) is 12.2 Å². The number of Topliss-reactive ketones (excluding diaryl/α,β-unsaturated/α-hetero) is 1. The normalized spacial score (nSPS) is 12.2. The number of nitrogens with one attached hydrogen (secondary N) is 1. The van der Waals surface area contributed by atoms with E-state index in [0.717, 1.165) is 11.3 Å². The Morgan fingerprint density at radius 3 is 2.60 bits per heavy atom. The van der Waals surface area contributed by atoms with E-state index in [1.54, 1.807) is 27.0 Å². The molecule has 0 aliphatic heterocycles. The van der Waals surface area contributed by atoms with E-state index in [1.807, 2.05) is 31.4 Å². The van der Waals surface area contributed by atoms with E-state index in [2.05, 4.69) is 15.2 Å². The summed E-state index contributed by atoms with van der Waals surface area (Å²) in [6.07, 6.45) is 1.62. The summed E-state index contributed by atoms with van der Waals surface area (Å²) in [4.78, 5) is 28.4. The predicted molar refractivity (Wildman–Crippen MR) is 114 cm³/mol. The number of rotatable bonds is 8. The molecular formula is C21H26N4O4S. The van der Waals surface area contributed by atoms with Crippen molar-refractivity contribution in [1.29, 1.82) is 0 Å². The first-order valence-electron chi connectivity index (χ1n) is 9.84. The predicted octanol–water partition coefficient (Wildman–Crippen LogP) is 4.35. The maximum Gasteiger partial charge on any atom is 0.340 e. The summed E-state index contributed by atoms with van der Waals surface area (Å²) < 4.78 is 12.5. The molecule has 160 valence electrons. The van der Waals surface area contributed by atoms with Crippen molar-refractivity contribution in [3.63, 3.8) is 0 Å². The number of aryl methyl sites for hydroxylation is 2. The Kier molecular flexibility index (Phi) is 6.50. The van der Waals surface area contributed by atoms with Gasteiger partial charge in [0.25, 0.3) is 0 Å². The van der Waals surface area contributed by atoms with Crippen molar-refractivity contribution in [1.82, 2.24) is 19.7 Å². The highest BCUT2D eigenvalue weighted by Crippen LogP contribution is 2.31. The largest absolute Gasteiger partial charge is 0.469 e. The number of H-pyrrole nitrogens is 1. The molecule has 0 saturated heterocycles. The number of esters is 1. The standard InChI is InChI=1S/C21H26N4O4S/c1-7-25-19(15-9-10-29-13(15)5)23-24-21(25)30-14(6)18(26)17-11(3)16(12(4)22-17)20(27)28-8-2/h9-10,14,22H,7-8H2,1-6H3/t14-/m1/s1. The van der Waals surface area contributed by atoms with Gasteiger partial charge in [0.1, 0.15) is 5.76 Å². The molecule has 0 aromatic carbocycles. The highest BCUT2D eigenvalue weighted by atomic mass is 32.2. The Labute approximate surface area is 179 Å². The van der Waals surface area contributed by atoms with Crippen molar-refractivity contribution in [2.45, 2.75) is 58.5 Å². The van der Waals surface area contributed by atoms with Crippen molar-refractivity contribution < 1.29 is 18.7 Å². The molecular weight excluding hydrogens is 404 g/mol. The van der Waals surface area contributed by atoms with Crippen LogP contribution < -0.4 is 0 Å². The summed E-state index contributed by atoms with van der Waals surface area (Å²) in [6, 6.07) is 1.86. The summed E-state index contributed by atoms with van der Waals surface area (Å²) in [7, 11) is 0. The Morgan fingerprint density at radius 2 is 2.00 bits per heavy atom. The second-order valence-electron chi connectivity index (χ2n) is 6.91. The summed E-state index contributed by atoms with van der Waals surface area (Å²) >= 11 is 1.34. The van der Waals surface area contributed by atoms with Crippen LogP contribution in [0.15, 0.2) is 21.9 Å². The highest BCUT2D eigenvalue weighted by molar-refractivity contribution is 8.00. The van der Waals surface area contributed by atoms with Gasteiger partial charge in [-0.3, -0.25) is 4.79 Å². The first kappa shape index (κ1) is 21.9. The Balaban J connectivity index is 1.85. The zero-order valence-electron chi connectivity index (χ0n) is 18.0. The number of aromatic amines is 1. The van der Waals surface area contributed by atoms with Crippen molar-refractivity contribution >= 4 is 23.5 Å². The number of aromatic nitrogens is 4. The molecule has 0 saturated carbocycles. The monoisotopic (exact) mass is 430 g/mol. The molecule has 0 fully saturated rings. The van der Waals surface area contributed by atoms with Crippen LogP contribution in [0.25, 0.3) is 11.4 Å². The number of carbonyl (C=O) groups is 2. The van der Waals surface area contributed by atoms with Crippen LogP contribution in [0.5, 0.6) is 0 Å². The van der Waals surface area contributed by atoms with Crippen molar-refractivity contribution in [2.75, 3.05) is 6.61 Å². The fraction of sp³-hybridized carbons (Fsp3) is 0.429. The van der Waals surface area contributed by atoms with Gasteiger partial charge in [-0.15, -0.1) is 10.2 Å². The molecule has 9 heteroatoms.